The Morgan fingerprint density at radius 1 is 1.25 bits per heavy atom. The van der Waals surface area contributed by atoms with Crippen molar-refractivity contribution in [2.24, 2.45) is 5.92 Å². The second kappa shape index (κ2) is 7.08. The van der Waals surface area contributed by atoms with Crippen molar-refractivity contribution in [3.8, 4) is 0 Å². The molecular weight excluding hydrogens is 254 g/mol. The van der Waals surface area contributed by atoms with Crippen molar-refractivity contribution in [3.05, 3.63) is 29.8 Å². The van der Waals surface area contributed by atoms with Gasteiger partial charge in [-0.1, -0.05) is 25.3 Å². The molecule has 4 nitrogen and oxygen atoms in total. The maximum Gasteiger partial charge on any atom is 0.338 e. The van der Waals surface area contributed by atoms with Crippen molar-refractivity contribution in [2.45, 2.75) is 39.0 Å². The minimum absolute atomic E-state index is 0.155. The van der Waals surface area contributed by atoms with Gasteiger partial charge in [-0.3, -0.25) is 4.79 Å². The molecule has 1 aliphatic rings. The lowest BCUT2D eigenvalue weighted by molar-refractivity contribution is -0.114. The number of hydrogen-bond donors (Lipinski definition) is 1. The monoisotopic (exact) mass is 275 g/mol. The average molecular weight is 275 g/mol. The molecule has 0 bridgehead atoms. The summed E-state index contributed by atoms with van der Waals surface area (Å²) in [5.41, 5.74) is 1.09. The smallest absolute Gasteiger partial charge is 0.338 e. The van der Waals surface area contributed by atoms with E-state index in [1.165, 1.54) is 26.2 Å². The molecule has 108 valence electrons. The Kier molecular flexibility index (Phi) is 5.16. The number of nitrogens with one attached hydrogen (secondary N) is 1. The number of hydrogen-bond acceptors (Lipinski definition) is 3. The zero-order chi connectivity index (χ0) is 14.4. The molecule has 1 fully saturated rings. The van der Waals surface area contributed by atoms with Crippen LogP contribution in [-0.2, 0) is 9.53 Å². The van der Waals surface area contributed by atoms with Crippen LogP contribution in [0.25, 0.3) is 0 Å². The second-order valence-corrected chi connectivity index (χ2v) is 5.36. The first-order chi connectivity index (χ1) is 9.65. The Morgan fingerprint density at radius 2 is 2.00 bits per heavy atom. The first-order valence-electron chi connectivity index (χ1n) is 7.20. The largest absolute Gasteiger partial charge is 0.462 e. The van der Waals surface area contributed by atoms with Crippen LogP contribution in [0.4, 0.5) is 5.69 Å². The van der Waals surface area contributed by atoms with E-state index < -0.39 is 0 Å². The highest BCUT2D eigenvalue weighted by Crippen LogP contribution is 2.24. The van der Waals surface area contributed by atoms with E-state index in [4.69, 9.17) is 4.74 Å². The lowest BCUT2D eigenvalue weighted by Crippen LogP contribution is -2.17. The highest BCUT2D eigenvalue weighted by atomic mass is 16.5. The molecule has 0 aliphatic heterocycles. The van der Waals surface area contributed by atoms with Gasteiger partial charge >= 0.3 is 5.97 Å². The van der Waals surface area contributed by atoms with E-state index >= 15 is 0 Å². The van der Waals surface area contributed by atoms with Crippen molar-refractivity contribution < 1.29 is 14.3 Å². The molecule has 1 aromatic rings. The van der Waals surface area contributed by atoms with Crippen LogP contribution in [0.3, 0.4) is 0 Å². The lowest BCUT2D eigenvalue weighted by Gasteiger charge is -2.21. The quantitative estimate of drug-likeness (QED) is 0.857. The Balaban J connectivity index is 1.89. The summed E-state index contributed by atoms with van der Waals surface area (Å²) in [7, 11) is 0. The number of benzene rings is 1. The summed E-state index contributed by atoms with van der Waals surface area (Å²) < 4.78 is 5.38. The van der Waals surface area contributed by atoms with Gasteiger partial charge in [-0.05, 0) is 37.0 Å². The van der Waals surface area contributed by atoms with E-state index in [0.717, 1.165) is 12.8 Å². The normalized spacial score (nSPS) is 15.7. The van der Waals surface area contributed by atoms with Crippen LogP contribution in [0.5, 0.6) is 0 Å². The molecule has 1 aromatic carbocycles. The topological polar surface area (TPSA) is 55.4 Å². The number of carbonyl (C=O) groups is 2. The van der Waals surface area contributed by atoms with E-state index in [1.807, 2.05) is 0 Å². The highest BCUT2D eigenvalue weighted by molar-refractivity contribution is 5.93. The number of esters is 1. The molecule has 0 atom stereocenters. The maximum atomic E-state index is 12.0. The predicted molar refractivity (Wildman–Crippen MR) is 77.6 cm³/mol. The Bertz CT molecular complexity index is 478. The van der Waals surface area contributed by atoms with Crippen molar-refractivity contribution in [1.82, 2.24) is 0 Å². The summed E-state index contributed by atoms with van der Waals surface area (Å²) in [5.74, 6) is 0.0340. The number of carbonyl (C=O) groups excluding carboxylic acids is 2. The molecule has 1 aliphatic carbocycles. The zero-order valence-corrected chi connectivity index (χ0v) is 11.9. The van der Waals surface area contributed by atoms with E-state index in [2.05, 4.69) is 5.32 Å². The van der Waals surface area contributed by atoms with Crippen LogP contribution >= 0.6 is 0 Å². The van der Waals surface area contributed by atoms with E-state index in [-0.39, 0.29) is 11.9 Å². The van der Waals surface area contributed by atoms with Crippen LogP contribution < -0.4 is 5.32 Å². The molecule has 0 heterocycles. The maximum absolute atomic E-state index is 12.0. The molecule has 1 saturated carbocycles. The Labute approximate surface area is 119 Å². The molecule has 1 amide bonds. The van der Waals surface area contributed by atoms with Crippen LogP contribution in [0.15, 0.2) is 24.3 Å². The number of rotatable bonds is 4. The second-order valence-electron chi connectivity index (χ2n) is 5.36. The van der Waals surface area contributed by atoms with Crippen LogP contribution in [0, 0.1) is 5.92 Å². The van der Waals surface area contributed by atoms with Crippen LogP contribution in [0.2, 0.25) is 0 Å². The Hall–Kier alpha value is -1.84. The van der Waals surface area contributed by atoms with Gasteiger partial charge in [0.05, 0.1) is 12.2 Å². The SMILES string of the molecule is CC(=O)Nc1cccc(C(=O)OCC2CCCCC2)c1. The molecular formula is C16H21NO3. The van der Waals surface area contributed by atoms with Gasteiger partial charge in [-0.15, -0.1) is 0 Å². The molecule has 4 heteroatoms. The van der Waals surface area contributed by atoms with Crippen molar-refractivity contribution in [3.63, 3.8) is 0 Å². The third-order valence-electron chi connectivity index (χ3n) is 3.59. The van der Waals surface area contributed by atoms with Gasteiger partial charge in [-0.2, -0.15) is 0 Å². The summed E-state index contributed by atoms with van der Waals surface area (Å²) >= 11 is 0. The standard InChI is InChI=1S/C16H21NO3/c1-12(18)17-15-9-5-8-14(10-15)16(19)20-11-13-6-3-2-4-7-13/h5,8-10,13H,2-4,6-7,11H2,1H3,(H,17,18). The fourth-order valence-corrected chi connectivity index (χ4v) is 2.56. The van der Waals surface area contributed by atoms with Gasteiger partial charge in [0.1, 0.15) is 0 Å². The fourth-order valence-electron chi connectivity index (χ4n) is 2.56. The molecule has 20 heavy (non-hydrogen) atoms. The molecule has 0 spiro atoms. The fraction of sp³-hybridized carbons (Fsp3) is 0.500. The van der Waals surface area contributed by atoms with Crippen LogP contribution in [-0.4, -0.2) is 18.5 Å². The molecule has 2 rings (SSSR count). The van der Waals surface area contributed by atoms with Crippen molar-refractivity contribution in [2.75, 3.05) is 11.9 Å². The lowest BCUT2D eigenvalue weighted by atomic mass is 9.90. The zero-order valence-electron chi connectivity index (χ0n) is 11.9. The molecule has 0 saturated heterocycles. The third-order valence-corrected chi connectivity index (χ3v) is 3.59. The minimum Gasteiger partial charge on any atom is -0.462 e. The predicted octanol–water partition coefficient (Wildman–Crippen LogP) is 3.38. The average Bonchev–Trinajstić information content (AvgIpc) is 2.45. The van der Waals surface area contributed by atoms with E-state index in [1.54, 1.807) is 24.3 Å². The van der Waals surface area contributed by atoms with Gasteiger partial charge in [0, 0.05) is 12.6 Å². The summed E-state index contributed by atoms with van der Waals surface area (Å²) in [6, 6.07) is 6.83. The Morgan fingerprint density at radius 3 is 2.70 bits per heavy atom. The molecule has 0 aromatic heterocycles. The first kappa shape index (κ1) is 14.6. The molecule has 0 radical (unpaired) electrons. The van der Waals surface area contributed by atoms with Gasteiger partial charge in [0.25, 0.3) is 0 Å². The van der Waals surface area contributed by atoms with Gasteiger partial charge in [0.2, 0.25) is 5.91 Å². The van der Waals surface area contributed by atoms with E-state index in [0.29, 0.717) is 23.8 Å². The van der Waals surface area contributed by atoms with Gasteiger partial charge in [-0.25, -0.2) is 4.79 Å². The first-order valence-corrected chi connectivity index (χ1v) is 7.20. The van der Waals surface area contributed by atoms with Gasteiger partial charge in [0.15, 0.2) is 0 Å². The van der Waals surface area contributed by atoms with Crippen molar-refractivity contribution in [1.29, 1.82) is 0 Å². The third kappa shape index (κ3) is 4.37. The summed E-state index contributed by atoms with van der Waals surface area (Å²) in [5, 5.41) is 2.66. The van der Waals surface area contributed by atoms with Crippen molar-refractivity contribution >= 4 is 17.6 Å². The number of anilines is 1. The minimum atomic E-state index is -0.317. The van der Waals surface area contributed by atoms with Crippen LogP contribution in [0.1, 0.15) is 49.4 Å². The van der Waals surface area contributed by atoms with Gasteiger partial charge < -0.3 is 10.1 Å². The molecule has 1 N–H and O–H groups in total. The number of amides is 1. The molecule has 0 unspecified atom stereocenters. The highest BCUT2D eigenvalue weighted by Gasteiger charge is 2.16. The summed E-state index contributed by atoms with van der Waals surface area (Å²) in [4.78, 5) is 23.0. The summed E-state index contributed by atoms with van der Waals surface area (Å²) in [6.45, 7) is 1.94. The summed E-state index contributed by atoms with van der Waals surface area (Å²) in [6.07, 6.45) is 6.07. The number of ether oxygens (including phenoxy) is 1. The van der Waals surface area contributed by atoms with E-state index in [9.17, 15) is 9.59 Å².